The van der Waals surface area contributed by atoms with Gasteiger partial charge in [-0.05, 0) is 25.5 Å². The molecule has 1 N–H and O–H groups in total. The summed E-state index contributed by atoms with van der Waals surface area (Å²) in [4.78, 5) is 6.38. The van der Waals surface area contributed by atoms with Gasteiger partial charge in [0, 0.05) is 33.2 Å². The fourth-order valence-electron chi connectivity index (χ4n) is 2.62. The number of ether oxygens (including phenoxy) is 2. The van der Waals surface area contributed by atoms with Gasteiger partial charge < -0.3 is 19.7 Å². The second-order valence-electron chi connectivity index (χ2n) is 5.90. The zero-order valence-electron chi connectivity index (χ0n) is 14.1. The smallest absolute Gasteiger partial charge is 0.193 e. The Labute approximate surface area is 137 Å². The molecule has 0 saturated carbocycles. The van der Waals surface area contributed by atoms with Gasteiger partial charge in [-0.25, -0.2) is 4.39 Å². The predicted octanol–water partition coefficient (Wildman–Crippen LogP) is 2.14. The molecule has 0 aromatic heterocycles. The van der Waals surface area contributed by atoms with Gasteiger partial charge >= 0.3 is 0 Å². The quantitative estimate of drug-likeness (QED) is 0.643. The summed E-state index contributed by atoms with van der Waals surface area (Å²) in [6.45, 7) is 5.01. The van der Waals surface area contributed by atoms with E-state index in [1.54, 1.807) is 25.2 Å². The van der Waals surface area contributed by atoms with Crippen molar-refractivity contribution in [2.45, 2.75) is 19.4 Å². The number of benzene rings is 1. The van der Waals surface area contributed by atoms with Gasteiger partial charge in [0.05, 0.1) is 13.2 Å². The van der Waals surface area contributed by atoms with Crippen LogP contribution >= 0.6 is 0 Å². The van der Waals surface area contributed by atoms with Crippen LogP contribution in [0.15, 0.2) is 29.3 Å². The summed E-state index contributed by atoms with van der Waals surface area (Å²) in [5.74, 6) is 1.28. The molecule has 2 unspecified atom stereocenters. The standard InChI is InChI=1S/C17H26FN3O2/c1-13(23-16-7-5-4-6-15(16)18)10-20-17(19-2)21(3)11-14-8-9-22-12-14/h4-7,13-14H,8-12H2,1-3H3,(H,19,20). The maximum absolute atomic E-state index is 13.6. The molecule has 128 valence electrons. The van der Waals surface area contributed by atoms with Crippen molar-refractivity contribution in [3.63, 3.8) is 0 Å². The summed E-state index contributed by atoms with van der Waals surface area (Å²) in [6.07, 6.45) is 0.917. The monoisotopic (exact) mass is 323 g/mol. The highest BCUT2D eigenvalue weighted by atomic mass is 19.1. The van der Waals surface area contributed by atoms with Crippen LogP contribution in [-0.2, 0) is 4.74 Å². The predicted molar refractivity (Wildman–Crippen MR) is 89.4 cm³/mol. The number of nitrogens with zero attached hydrogens (tertiary/aromatic N) is 2. The molecule has 1 aliphatic heterocycles. The fourth-order valence-corrected chi connectivity index (χ4v) is 2.62. The van der Waals surface area contributed by atoms with Gasteiger partial charge in [0.1, 0.15) is 6.10 Å². The van der Waals surface area contributed by atoms with E-state index in [1.807, 2.05) is 14.0 Å². The fraction of sp³-hybridized carbons (Fsp3) is 0.588. The number of hydrogen-bond donors (Lipinski definition) is 1. The second-order valence-corrected chi connectivity index (χ2v) is 5.90. The van der Waals surface area contributed by atoms with E-state index >= 15 is 0 Å². The maximum Gasteiger partial charge on any atom is 0.193 e. The molecule has 1 heterocycles. The van der Waals surface area contributed by atoms with Gasteiger partial charge in [-0.15, -0.1) is 0 Å². The molecule has 0 amide bonds. The molecule has 0 radical (unpaired) electrons. The van der Waals surface area contributed by atoms with Gasteiger partial charge in [0.15, 0.2) is 17.5 Å². The Hall–Kier alpha value is -1.82. The van der Waals surface area contributed by atoms with E-state index < -0.39 is 0 Å². The zero-order valence-corrected chi connectivity index (χ0v) is 14.1. The Morgan fingerprint density at radius 3 is 2.96 bits per heavy atom. The average Bonchev–Trinajstić information content (AvgIpc) is 3.03. The summed E-state index contributed by atoms with van der Waals surface area (Å²) >= 11 is 0. The van der Waals surface area contributed by atoms with Gasteiger partial charge in [-0.3, -0.25) is 4.99 Å². The van der Waals surface area contributed by atoms with Crippen LogP contribution in [0.1, 0.15) is 13.3 Å². The van der Waals surface area contributed by atoms with Gasteiger partial charge in [-0.2, -0.15) is 0 Å². The molecule has 23 heavy (non-hydrogen) atoms. The molecule has 1 saturated heterocycles. The first-order chi connectivity index (χ1) is 11.1. The molecule has 5 nitrogen and oxygen atoms in total. The van der Waals surface area contributed by atoms with E-state index in [9.17, 15) is 4.39 Å². The third kappa shape index (κ3) is 5.39. The highest BCUT2D eigenvalue weighted by molar-refractivity contribution is 5.79. The van der Waals surface area contributed by atoms with Crippen molar-refractivity contribution in [1.29, 1.82) is 0 Å². The molecule has 6 heteroatoms. The molecule has 1 aromatic rings. The van der Waals surface area contributed by atoms with Crippen molar-refractivity contribution in [2.24, 2.45) is 10.9 Å². The van der Waals surface area contributed by atoms with Crippen LogP contribution in [0.25, 0.3) is 0 Å². The minimum Gasteiger partial charge on any atom is -0.486 e. The lowest BCUT2D eigenvalue weighted by Gasteiger charge is -2.25. The van der Waals surface area contributed by atoms with E-state index in [0.717, 1.165) is 32.1 Å². The average molecular weight is 323 g/mol. The molecule has 1 aromatic carbocycles. The lowest BCUT2D eigenvalue weighted by atomic mass is 10.1. The van der Waals surface area contributed by atoms with Gasteiger partial charge in [-0.1, -0.05) is 12.1 Å². The number of guanidine groups is 1. The third-order valence-corrected chi connectivity index (χ3v) is 3.84. The van der Waals surface area contributed by atoms with E-state index in [1.165, 1.54) is 6.07 Å². The second kappa shape index (κ2) is 8.72. The van der Waals surface area contributed by atoms with Crippen molar-refractivity contribution in [1.82, 2.24) is 10.2 Å². The van der Waals surface area contributed by atoms with Crippen molar-refractivity contribution < 1.29 is 13.9 Å². The molecule has 0 spiro atoms. The van der Waals surface area contributed by atoms with Crippen molar-refractivity contribution >= 4 is 5.96 Å². The van der Waals surface area contributed by atoms with Crippen LogP contribution in [0.5, 0.6) is 5.75 Å². The summed E-state index contributed by atoms with van der Waals surface area (Å²) in [5, 5.41) is 3.27. The molecular formula is C17H26FN3O2. The molecule has 0 bridgehead atoms. The van der Waals surface area contributed by atoms with Crippen LogP contribution in [0, 0.1) is 11.7 Å². The lowest BCUT2D eigenvalue weighted by molar-refractivity contribution is 0.180. The molecule has 2 atom stereocenters. The third-order valence-electron chi connectivity index (χ3n) is 3.84. The van der Waals surface area contributed by atoms with Crippen molar-refractivity contribution in [3.05, 3.63) is 30.1 Å². The van der Waals surface area contributed by atoms with E-state index in [2.05, 4.69) is 15.2 Å². The van der Waals surface area contributed by atoms with Crippen LogP contribution in [-0.4, -0.2) is 57.4 Å². The molecule has 1 aliphatic rings. The molecule has 1 fully saturated rings. The Morgan fingerprint density at radius 2 is 2.30 bits per heavy atom. The Balaban J connectivity index is 1.79. The Kier molecular flexibility index (Phi) is 6.65. The Bertz CT molecular complexity index is 518. The number of aliphatic imine (C=N–C) groups is 1. The number of para-hydroxylation sites is 1. The number of halogens is 1. The van der Waals surface area contributed by atoms with E-state index in [-0.39, 0.29) is 17.7 Å². The zero-order chi connectivity index (χ0) is 16.7. The highest BCUT2D eigenvalue weighted by Gasteiger charge is 2.19. The first-order valence-corrected chi connectivity index (χ1v) is 8.01. The maximum atomic E-state index is 13.6. The van der Waals surface area contributed by atoms with Crippen LogP contribution < -0.4 is 10.1 Å². The molecular weight excluding hydrogens is 297 g/mol. The highest BCUT2D eigenvalue weighted by Crippen LogP contribution is 2.17. The van der Waals surface area contributed by atoms with Gasteiger partial charge in [0.2, 0.25) is 0 Å². The Morgan fingerprint density at radius 1 is 1.52 bits per heavy atom. The normalized spacial score (nSPS) is 19.5. The minimum absolute atomic E-state index is 0.174. The number of rotatable bonds is 6. The summed E-state index contributed by atoms with van der Waals surface area (Å²) in [6, 6.07) is 6.43. The lowest BCUT2D eigenvalue weighted by Crippen LogP contribution is -2.44. The van der Waals surface area contributed by atoms with Crippen molar-refractivity contribution in [2.75, 3.05) is 40.4 Å². The summed E-state index contributed by atoms with van der Waals surface area (Å²) in [7, 11) is 3.77. The largest absolute Gasteiger partial charge is 0.486 e. The summed E-state index contributed by atoms with van der Waals surface area (Å²) in [5.41, 5.74) is 0. The van der Waals surface area contributed by atoms with Crippen molar-refractivity contribution in [3.8, 4) is 5.75 Å². The topological polar surface area (TPSA) is 46.1 Å². The number of nitrogens with one attached hydrogen (secondary N) is 1. The van der Waals surface area contributed by atoms with E-state index in [4.69, 9.17) is 9.47 Å². The van der Waals surface area contributed by atoms with E-state index in [0.29, 0.717) is 12.5 Å². The van der Waals surface area contributed by atoms with Crippen LogP contribution in [0.4, 0.5) is 4.39 Å². The SMILES string of the molecule is CN=C(NCC(C)Oc1ccccc1F)N(C)CC1CCOC1. The molecule has 0 aliphatic carbocycles. The first kappa shape index (κ1) is 17.5. The van der Waals surface area contributed by atoms with Crippen LogP contribution in [0.2, 0.25) is 0 Å². The minimum atomic E-state index is -0.345. The first-order valence-electron chi connectivity index (χ1n) is 8.01. The van der Waals surface area contributed by atoms with Gasteiger partial charge in [0.25, 0.3) is 0 Å². The molecule has 2 rings (SSSR count). The van der Waals surface area contributed by atoms with Crippen LogP contribution in [0.3, 0.4) is 0 Å². The number of hydrogen-bond acceptors (Lipinski definition) is 3. The summed E-state index contributed by atoms with van der Waals surface area (Å²) < 4.78 is 24.6.